The number of amides is 1. The first-order valence-electron chi connectivity index (χ1n) is 6.49. The molecular weight excluding hydrogens is 304 g/mol. The summed E-state index contributed by atoms with van der Waals surface area (Å²) in [6.07, 6.45) is 0. The summed E-state index contributed by atoms with van der Waals surface area (Å²) in [5, 5.41) is 3.92. The minimum atomic E-state index is -0.128. The lowest BCUT2D eigenvalue weighted by atomic mass is 10.1. The van der Waals surface area contributed by atoms with Crippen LogP contribution in [0.15, 0.2) is 42.5 Å². The molecule has 0 saturated heterocycles. The Balaban J connectivity index is 1.81. The molecule has 1 N–H and O–H groups in total. The van der Waals surface area contributed by atoms with Crippen molar-refractivity contribution in [3.8, 4) is 0 Å². The van der Waals surface area contributed by atoms with Crippen molar-refractivity contribution in [1.29, 1.82) is 0 Å². The van der Waals surface area contributed by atoms with E-state index in [9.17, 15) is 4.79 Å². The van der Waals surface area contributed by atoms with Gasteiger partial charge in [-0.05, 0) is 42.8 Å². The van der Waals surface area contributed by atoms with Crippen LogP contribution in [0.3, 0.4) is 0 Å². The number of fused-ring (bicyclic) bond motifs is 1. The van der Waals surface area contributed by atoms with Gasteiger partial charge in [-0.2, -0.15) is 0 Å². The highest BCUT2D eigenvalue weighted by Gasteiger charge is 2.07. The van der Waals surface area contributed by atoms with Gasteiger partial charge in [0.05, 0.1) is 15.2 Å². The van der Waals surface area contributed by atoms with Crippen molar-refractivity contribution >= 4 is 44.7 Å². The van der Waals surface area contributed by atoms with Crippen LogP contribution < -0.4 is 5.32 Å². The molecule has 1 aromatic heterocycles. The van der Waals surface area contributed by atoms with Gasteiger partial charge in [0.2, 0.25) is 0 Å². The second-order valence-corrected chi connectivity index (χ2v) is 6.20. The Kier molecular flexibility index (Phi) is 3.90. The highest BCUT2D eigenvalue weighted by atomic mass is 35.5. The molecule has 0 aliphatic rings. The Morgan fingerprint density at radius 3 is 2.71 bits per heavy atom. The van der Waals surface area contributed by atoms with E-state index in [-0.39, 0.29) is 5.91 Å². The van der Waals surface area contributed by atoms with Crippen molar-refractivity contribution in [1.82, 2.24) is 4.98 Å². The molecule has 3 aromatic rings. The SMILES string of the molecule is Cc1nc2ccc(NC(=O)c3ccc(CCl)cc3)cc2s1. The fraction of sp³-hybridized carbons (Fsp3) is 0.125. The van der Waals surface area contributed by atoms with E-state index in [1.54, 1.807) is 23.5 Å². The maximum absolute atomic E-state index is 12.2. The van der Waals surface area contributed by atoms with E-state index in [1.807, 2.05) is 37.3 Å². The van der Waals surface area contributed by atoms with E-state index in [0.717, 1.165) is 26.5 Å². The third-order valence-corrected chi connectivity index (χ3v) is 4.37. The van der Waals surface area contributed by atoms with Gasteiger partial charge in [-0.1, -0.05) is 12.1 Å². The number of benzene rings is 2. The number of carbonyl (C=O) groups is 1. The topological polar surface area (TPSA) is 42.0 Å². The summed E-state index contributed by atoms with van der Waals surface area (Å²) in [4.78, 5) is 16.6. The number of thiazole rings is 1. The molecule has 0 radical (unpaired) electrons. The molecule has 0 unspecified atom stereocenters. The minimum Gasteiger partial charge on any atom is -0.322 e. The fourth-order valence-corrected chi connectivity index (χ4v) is 3.11. The summed E-state index contributed by atoms with van der Waals surface area (Å²) in [5.41, 5.74) is 3.35. The lowest BCUT2D eigenvalue weighted by molar-refractivity contribution is 0.102. The van der Waals surface area contributed by atoms with Gasteiger partial charge in [-0.25, -0.2) is 4.98 Å². The molecule has 3 rings (SSSR count). The van der Waals surface area contributed by atoms with E-state index < -0.39 is 0 Å². The Bertz CT molecular complexity index is 796. The summed E-state index contributed by atoms with van der Waals surface area (Å²) in [6.45, 7) is 1.97. The van der Waals surface area contributed by atoms with E-state index >= 15 is 0 Å². The summed E-state index contributed by atoms with van der Waals surface area (Å²) in [5.74, 6) is 0.320. The number of aryl methyl sites for hydroxylation is 1. The zero-order chi connectivity index (χ0) is 14.8. The molecule has 0 saturated carbocycles. The highest BCUT2D eigenvalue weighted by Crippen LogP contribution is 2.25. The van der Waals surface area contributed by atoms with Gasteiger partial charge in [0.15, 0.2) is 0 Å². The van der Waals surface area contributed by atoms with E-state index in [1.165, 1.54) is 0 Å². The van der Waals surface area contributed by atoms with E-state index in [4.69, 9.17) is 11.6 Å². The molecule has 0 bridgehead atoms. The molecule has 0 aliphatic carbocycles. The predicted octanol–water partition coefficient (Wildman–Crippen LogP) is 4.60. The monoisotopic (exact) mass is 316 g/mol. The quantitative estimate of drug-likeness (QED) is 0.718. The van der Waals surface area contributed by atoms with Crippen LogP contribution in [0.5, 0.6) is 0 Å². The Hall–Kier alpha value is -1.91. The van der Waals surface area contributed by atoms with Crippen molar-refractivity contribution in [2.75, 3.05) is 5.32 Å². The first-order chi connectivity index (χ1) is 10.2. The molecule has 1 heterocycles. The van der Waals surface area contributed by atoms with Crippen LogP contribution in [0.4, 0.5) is 5.69 Å². The maximum atomic E-state index is 12.2. The van der Waals surface area contributed by atoms with Gasteiger partial charge in [0.1, 0.15) is 0 Å². The van der Waals surface area contributed by atoms with Crippen molar-refractivity contribution < 1.29 is 4.79 Å². The Morgan fingerprint density at radius 1 is 1.24 bits per heavy atom. The van der Waals surface area contributed by atoms with Crippen LogP contribution in [0.1, 0.15) is 20.9 Å². The number of carbonyl (C=O) groups excluding carboxylic acids is 1. The number of alkyl halides is 1. The fourth-order valence-electron chi connectivity index (χ4n) is 2.07. The van der Waals surface area contributed by atoms with Crippen LogP contribution in [-0.2, 0) is 5.88 Å². The molecule has 21 heavy (non-hydrogen) atoms. The number of anilines is 1. The summed E-state index contributed by atoms with van der Waals surface area (Å²) < 4.78 is 1.07. The third-order valence-electron chi connectivity index (χ3n) is 3.12. The average Bonchev–Trinajstić information content (AvgIpc) is 2.86. The van der Waals surface area contributed by atoms with Crippen LogP contribution >= 0.6 is 22.9 Å². The average molecular weight is 317 g/mol. The van der Waals surface area contributed by atoms with Gasteiger partial charge in [-0.3, -0.25) is 4.79 Å². The number of aromatic nitrogens is 1. The molecule has 2 aromatic carbocycles. The number of hydrogen-bond acceptors (Lipinski definition) is 3. The largest absolute Gasteiger partial charge is 0.322 e. The zero-order valence-corrected chi connectivity index (χ0v) is 13.0. The van der Waals surface area contributed by atoms with Gasteiger partial charge in [0.25, 0.3) is 5.91 Å². The van der Waals surface area contributed by atoms with Crippen LogP contribution in [-0.4, -0.2) is 10.9 Å². The number of nitrogens with one attached hydrogen (secondary N) is 1. The van der Waals surface area contributed by atoms with Crippen LogP contribution in [0, 0.1) is 6.92 Å². The van der Waals surface area contributed by atoms with Gasteiger partial charge in [0, 0.05) is 17.1 Å². The molecule has 0 fully saturated rings. The second kappa shape index (κ2) is 5.84. The lowest BCUT2D eigenvalue weighted by Crippen LogP contribution is -2.11. The minimum absolute atomic E-state index is 0.128. The molecular formula is C16H13ClN2OS. The molecule has 106 valence electrons. The van der Waals surface area contributed by atoms with E-state index in [0.29, 0.717) is 11.4 Å². The Morgan fingerprint density at radius 2 is 2.00 bits per heavy atom. The lowest BCUT2D eigenvalue weighted by Gasteiger charge is -2.05. The number of nitrogens with zero attached hydrogens (tertiary/aromatic N) is 1. The van der Waals surface area contributed by atoms with Crippen molar-refractivity contribution in [3.63, 3.8) is 0 Å². The Labute approximate surface area is 131 Å². The van der Waals surface area contributed by atoms with Gasteiger partial charge in [-0.15, -0.1) is 22.9 Å². The van der Waals surface area contributed by atoms with Crippen molar-refractivity contribution in [2.45, 2.75) is 12.8 Å². The molecule has 0 atom stereocenters. The van der Waals surface area contributed by atoms with E-state index in [2.05, 4.69) is 10.3 Å². The van der Waals surface area contributed by atoms with Crippen LogP contribution in [0.2, 0.25) is 0 Å². The molecule has 0 spiro atoms. The molecule has 0 aliphatic heterocycles. The normalized spacial score (nSPS) is 10.8. The number of hydrogen-bond donors (Lipinski definition) is 1. The predicted molar refractivity (Wildman–Crippen MR) is 88.3 cm³/mol. The smallest absolute Gasteiger partial charge is 0.255 e. The molecule has 1 amide bonds. The van der Waals surface area contributed by atoms with Crippen molar-refractivity contribution in [3.05, 3.63) is 58.6 Å². The summed E-state index contributed by atoms with van der Waals surface area (Å²) in [6, 6.07) is 13.0. The number of rotatable bonds is 3. The standard InChI is InChI=1S/C16H13ClN2OS/c1-10-18-14-7-6-13(8-15(14)21-10)19-16(20)12-4-2-11(9-17)3-5-12/h2-8H,9H2,1H3,(H,19,20). The van der Waals surface area contributed by atoms with Gasteiger partial charge < -0.3 is 5.32 Å². The van der Waals surface area contributed by atoms with Gasteiger partial charge >= 0.3 is 0 Å². The molecule has 3 nitrogen and oxygen atoms in total. The third kappa shape index (κ3) is 3.06. The summed E-state index contributed by atoms with van der Waals surface area (Å²) >= 11 is 7.36. The first-order valence-corrected chi connectivity index (χ1v) is 7.84. The number of halogens is 1. The zero-order valence-electron chi connectivity index (χ0n) is 11.4. The van der Waals surface area contributed by atoms with Crippen LogP contribution in [0.25, 0.3) is 10.2 Å². The first kappa shape index (κ1) is 14.0. The summed E-state index contributed by atoms with van der Waals surface area (Å²) in [7, 11) is 0. The maximum Gasteiger partial charge on any atom is 0.255 e. The highest BCUT2D eigenvalue weighted by molar-refractivity contribution is 7.18. The molecule has 5 heteroatoms. The van der Waals surface area contributed by atoms with Crippen molar-refractivity contribution in [2.24, 2.45) is 0 Å². The second-order valence-electron chi connectivity index (χ2n) is 4.70.